The van der Waals surface area contributed by atoms with Crippen LogP contribution in [0.15, 0.2) is 30.5 Å². The van der Waals surface area contributed by atoms with Crippen molar-refractivity contribution in [3.05, 3.63) is 58.5 Å². The molecular formula is C23H24F3N5O. The Kier molecular flexibility index (Phi) is 5.52. The minimum atomic E-state index is -4.41. The van der Waals surface area contributed by atoms with Crippen molar-refractivity contribution in [2.45, 2.75) is 45.8 Å². The fourth-order valence-electron chi connectivity index (χ4n) is 4.13. The van der Waals surface area contributed by atoms with Crippen LogP contribution in [0.1, 0.15) is 53.9 Å². The summed E-state index contributed by atoms with van der Waals surface area (Å²) in [5.41, 5.74) is 1.58. The Balaban J connectivity index is 1.67. The standard InChI is InChI=1S/C23H24F3N5O/c1-12-18(6-5-7-20(12)23(24,25)26)13(2)28-22-19-8-16(17-10-31(11-17)15(4)32)9-27-21(19)29-14(3)30-22/h5-9,13,17H,10-11H2,1-4H3,(H,27,28,29,30)/t13-/m1/s1. The highest BCUT2D eigenvalue weighted by Crippen LogP contribution is 2.36. The van der Waals surface area contributed by atoms with Crippen LogP contribution in [-0.4, -0.2) is 38.8 Å². The molecule has 0 saturated carbocycles. The maximum absolute atomic E-state index is 13.3. The zero-order valence-electron chi connectivity index (χ0n) is 18.3. The number of anilines is 1. The van der Waals surface area contributed by atoms with Crippen molar-refractivity contribution in [1.82, 2.24) is 19.9 Å². The number of amides is 1. The van der Waals surface area contributed by atoms with E-state index in [9.17, 15) is 18.0 Å². The first-order valence-electron chi connectivity index (χ1n) is 10.4. The number of carbonyl (C=O) groups is 1. The van der Waals surface area contributed by atoms with E-state index in [1.54, 1.807) is 37.9 Å². The molecule has 1 saturated heterocycles. The normalized spacial score (nSPS) is 15.5. The topological polar surface area (TPSA) is 71.0 Å². The van der Waals surface area contributed by atoms with E-state index < -0.39 is 17.8 Å². The van der Waals surface area contributed by atoms with E-state index in [4.69, 9.17) is 0 Å². The van der Waals surface area contributed by atoms with Gasteiger partial charge < -0.3 is 10.2 Å². The fourth-order valence-corrected chi connectivity index (χ4v) is 4.13. The summed E-state index contributed by atoms with van der Waals surface area (Å²) in [6, 6.07) is 5.74. The maximum Gasteiger partial charge on any atom is 0.416 e. The van der Waals surface area contributed by atoms with Gasteiger partial charge in [-0.1, -0.05) is 12.1 Å². The predicted octanol–water partition coefficient (Wildman–Crippen LogP) is 4.78. The van der Waals surface area contributed by atoms with Crippen molar-refractivity contribution >= 4 is 22.8 Å². The van der Waals surface area contributed by atoms with E-state index in [0.717, 1.165) is 11.6 Å². The number of nitrogens with one attached hydrogen (secondary N) is 1. The van der Waals surface area contributed by atoms with Gasteiger partial charge in [-0.05, 0) is 49.6 Å². The van der Waals surface area contributed by atoms with Gasteiger partial charge in [0.25, 0.3) is 0 Å². The number of carbonyl (C=O) groups excluding carboxylic acids is 1. The number of likely N-dealkylation sites (tertiary alicyclic amines) is 1. The number of aromatic nitrogens is 3. The van der Waals surface area contributed by atoms with E-state index in [1.165, 1.54) is 13.0 Å². The van der Waals surface area contributed by atoms with Gasteiger partial charge in [-0.2, -0.15) is 13.2 Å². The number of nitrogens with zero attached hydrogens (tertiary/aromatic N) is 4. The molecule has 32 heavy (non-hydrogen) atoms. The second-order valence-corrected chi connectivity index (χ2v) is 8.26. The second-order valence-electron chi connectivity index (χ2n) is 8.26. The average molecular weight is 443 g/mol. The van der Waals surface area contributed by atoms with Crippen LogP contribution in [0.5, 0.6) is 0 Å². The monoisotopic (exact) mass is 443 g/mol. The zero-order chi connectivity index (χ0) is 23.2. The molecule has 3 aromatic rings. The second kappa shape index (κ2) is 8.03. The number of aryl methyl sites for hydroxylation is 1. The van der Waals surface area contributed by atoms with Gasteiger partial charge in [0.05, 0.1) is 17.0 Å². The molecule has 0 bridgehead atoms. The molecule has 1 aromatic carbocycles. The Bertz CT molecular complexity index is 1190. The molecular weight excluding hydrogens is 419 g/mol. The third-order valence-electron chi connectivity index (χ3n) is 5.98. The molecule has 1 fully saturated rings. The summed E-state index contributed by atoms with van der Waals surface area (Å²) in [7, 11) is 0. The van der Waals surface area contributed by atoms with Crippen LogP contribution in [0, 0.1) is 13.8 Å². The molecule has 0 radical (unpaired) electrons. The molecule has 4 rings (SSSR count). The molecule has 6 nitrogen and oxygen atoms in total. The number of benzene rings is 1. The zero-order valence-corrected chi connectivity index (χ0v) is 18.3. The quantitative estimate of drug-likeness (QED) is 0.629. The molecule has 0 unspecified atom stereocenters. The summed E-state index contributed by atoms with van der Waals surface area (Å²) in [6.07, 6.45) is -2.64. The van der Waals surface area contributed by atoms with Gasteiger partial charge in [0.1, 0.15) is 11.6 Å². The number of fused-ring (bicyclic) bond motifs is 1. The van der Waals surface area contributed by atoms with Crippen molar-refractivity contribution < 1.29 is 18.0 Å². The lowest BCUT2D eigenvalue weighted by Gasteiger charge is -2.38. The summed E-state index contributed by atoms with van der Waals surface area (Å²) in [5.74, 6) is 1.27. The number of alkyl halides is 3. The third-order valence-corrected chi connectivity index (χ3v) is 5.98. The highest BCUT2D eigenvalue weighted by Gasteiger charge is 2.33. The Hall–Kier alpha value is -3.23. The largest absolute Gasteiger partial charge is 0.416 e. The lowest BCUT2D eigenvalue weighted by atomic mass is 9.92. The van der Waals surface area contributed by atoms with Crippen LogP contribution >= 0.6 is 0 Å². The molecule has 3 heterocycles. The number of rotatable bonds is 4. The van der Waals surface area contributed by atoms with Crippen molar-refractivity contribution in [1.29, 1.82) is 0 Å². The molecule has 1 aliphatic heterocycles. The van der Waals surface area contributed by atoms with Crippen LogP contribution < -0.4 is 5.32 Å². The van der Waals surface area contributed by atoms with Crippen LogP contribution in [-0.2, 0) is 11.0 Å². The van der Waals surface area contributed by atoms with Crippen LogP contribution in [0.25, 0.3) is 11.0 Å². The number of hydrogen-bond donors (Lipinski definition) is 1. The maximum atomic E-state index is 13.3. The van der Waals surface area contributed by atoms with Gasteiger partial charge in [-0.25, -0.2) is 15.0 Å². The number of hydrogen-bond acceptors (Lipinski definition) is 5. The van der Waals surface area contributed by atoms with Gasteiger partial charge >= 0.3 is 6.18 Å². The van der Waals surface area contributed by atoms with Crippen LogP contribution in [0.4, 0.5) is 19.0 Å². The van der Waals surface area contributed by atoms with Crippen LogP contribution in [0.2, 0.25) is 0 Å². The molecule has 0 spiro atoms. The molecule has 168 valence electrons. The first-order chi connectivity index (χ1) is 15.0. The fraction of sp³-hybridized carbons (Fsp3) is 0.391. The Morgan fingerprint density at radius 1 is 1.22 bits per heavy atom. The molecule has 1 N–H and O–H groups in total. The van der Waals surface area contributed by atoms with Crippen molar-refractivity contribution in [3.8, 4) is 0 Å². The number of halogens is 3. The molecule has 1 atom stereocenters. The van der Waals surface area contributed by atoms with E-state index in [1.807, 2.05) is 6.07 Å². The first kappa shape index (κ1) is 22.0. The Labute approximate surface area is 183 Å². The Morgan fingerprint density at radius 2 is 1.94 bits per heavy atom. The van der Waals surface area contributed by atoms with Crippen molar-refractivity contribution in [2.75, 3.05) is 18.4 Å². The molecule has 9 heteroatoms. The van der Waals surface area contributed by atoms with Gasteiger partial charge in [-0.15, -0.1) is 0 Å². The first-order valence-corrected chi connectivity index (χ1v) is 10.4. The summed E-state index contributed by atoms with van der Waals surface area (Å²) < 4.78 is 40.0. The lowest BCUT2D eigenvalue weighted by molar-refractivity contribution is -0.138. The number of pyridine rings is 1. The lowest BCUT2D eigenvalue weighted by Crippen LogP contribution is -2.47. The van der Waals surface area contributed by atoms with Gasteiger partial charge in [-0.3, -0.25) is 4.79 Å². The van der Waals surface area contributed by atoms with E-state index in [-0.39, 0.29) is 17.4 Å². The SMILES string of the molecule is CC(=O)N1CC(c2cnc3nc(C)nc(N[C@H](C)c4cccc(C(F)(F)F)c4C)c3c2)C1. The summed E-state index contributed by atoms with van der Waals surface area (Å²) in [6.45, 7) is 7.85. The van der Waals surface area contributed by atoms with Crippen molar-refractivity contribution in [2.24, 2.45) is 0 Å². The minimum Gasteiger partial charge on any atom is -0.363 e. The van der Waals surface area contributed by atoms with E-state index in [0.29, 0.717) is 41.3 Å². The molecule has 0 aliphatic carbocycles. The Morgan fingerprint density at radius 3 is 2.59 bits per heavy atom. The summed E-state index contributed by atoms with van der Waals surface area (Å²) in [4.78, 5) is 26.6. The summed E-state index contributed by atoms with van der Waals surface area (Å²) >= 11 is 0. The van der Waals surface area contributed by atoms with Gasteiger partial charge in [0, 0.05) is 32.1 Å². The van der Waals surface area contributed by atoms with E-state index in [2.05, 4.69) is 20.3 Å². The highest BCUT2D eigenvalue weighted by atomic mass is 19.4. The average Bonchev–Trinajstić information content (AvgIpc) is 2.66. The highest BCUT2D eigenvalue weighted by molar-refractivity contribution is 5.87. The molecule has 1 aliphatic rings. The predicted molar refractivity (Wildman–Crippen MR) is 115 cm³/mol. The van der Waals surface area contributed by atoms with Crippen molar-refractivity contribution in [3.63, 3.8) is 0 Å². The minimum absolute atomic E-state index is 0.0431. The van der Waals surface area contributed by atoms with E-state index >= 15 is 0 Å². The van der Waals surface area contributed by atoms with Gasteiger partial charge in [0.15, 0.2) is 5.65 Å². The third kappa shape index (κ3) is 4.11. The molecule has 1 amide bonds. The van der Waals surface area contributed by atoms with Crippen LogP contribution in [0.3, 0.4) is 0 Å². The smallest absolute Gasteiger partial charge is 0.363 e. The summed E-state index contributed by atoms with van der Waals surface area (Å²) in [5, 5.41) is 3.97. The molecule has 2 aromatic heterocycles. The van der Waals surface area contributed by atoms with Gasteiger partial charge in [0.2, 0.25) is 5.91 Å².